The lowest BCUT2D eigenvalue weighted by molar-refractivity contribution is -0.137. The molecule has 0 unspecified atom stereocenters. The molecule has 1 aromatic carbocycles. The molecule has 0 radical (unpaired) electrons. The summed E-state index contributed by atoms with van der Waals surface area (Å²) in [7, 11) is 0. The Balaban J connectivity index is 2.61. The van der Waals surface area contributed by atoms with E-state index in [1.807, 2.05) is 0 Å². The molecule has 2 nitrogen and oxygen atoms in total. The van der Waals surface area contributed by atoms with Crippen LogP contribution in [0.3, 0.4) is 0 Å². The predicted octanol–water partition coefficient (Wildman–Crippen LogP) is 3.68. The lowest BCUT2D eigenvalue weighted by atomic mass is 9.97. The van der Waals surface area contributed by atoms with E-state index in [0.717, 1.165) is 12.1 Å². The first-order chi connectivity index (χ1) is 7.69. The van der Waals surface area contributed by atoms with Crippen molar-refractivity contribution in [1.29, 1.82) is 0 Å². The van der Waals surface area contributed by atoms with E-state index in [2.05, 4.69) is 0 Å². The molecule has 1 aromatic heterocycles. The van der Waals surface area contributed by atoms with Crippen molar-refractivity contribution in [3.8, 4) is 0 Å². The van der Waals surface area contributed by atoms with Gasteiger partial charge in [-0.05, 0) is 26.0 Å². The third-order valence-corrected chi connectivity index (χ3v) is 2.56. The lowest BCUT2D eigenvalue weighted by Crippen LogP contribution is -2.14. The van der Waals surface area contributed by atoms with E-state index in [9.17, 15) is 18.3 Å². The van der Waals surface area contributed by atoms with Crippen LogP contribution in [0.4, 0.5) is 13.2 Å². The minimum atomic E-state index is -4.39. The van der Waals surface area contributed by atoms with Crippen LogP contribution in [0.25, 0.3) is 11.0 Å². The lowest BCUT2D eigenvalue weighted by Gasteiger charge is -2.15. The molecule has 0 amide bonds. The van der Waals surface area contributed by atoms with Crippen molar-refractivity contribution in [2.45, 2.75) is 25.6 Å². The highest BCUT2D eigenvalue weighted by Crippen LogP contribution is 2.35. The minimum Gasteiger partial charge on any atom is -0.464 e. The first-order valence-corrected chi connectivity index (χ1v) is 5.01. The Labute approximate surface area is 95.7 Å². The molecule has 5 heteroatoms. The second kappa shape index (κ2) is 3.50. The molecule has 92 valence electrons. The minimum absolute atomic E-state index is 0.122. The number of aliphatic hydroxyl groups is 1. The maximum atomic E-state index is 12.5. The van der Waals surface area contributed by atoms with Gasteiger partial charge in [0, 0.05) is 10.9 Å². The number of hydrogen-bond donors (Lipinski definition) is 1. The van der Waals surface area contributed by atoms with Gasteiger partial charge >= 0.3 is 6.18 Å². The summed E-state index contributed by atoms with van der Waals surface area (Å²) in [5.74, 6) is 0. The van der Waals surface area contributed by atoms with Crippen LogP contribution < -0.4 is 0 Å². The van der Waals surface area contributed by atoms with E-state index in [1.165, 1.54) is 12.3 Å². The summed E-state index contributed by atoms with van der Waals surface area (Å²) in [6.45, 7) is 3.10. The molecule has 2 rings (SSSR count). The summed E-state index contributed by atoms with van der Waals surface area (Å²) in [4.78, 5) is 0. The zero-order valence-corrected chi connectivity index (χ0v) is 9.30. The van der Waals surface area contributed by atoms with Crippen LogP contribution >= 0.6 is 0 Å². The summed E-state index contributed by atoms with van der Waals surface area (Å²) in [6.07, 6.45) is -3.11. The Morgan fingerprint density at radius 1 is 1.18 bits per heavy atom. The number of halogens is 3. The van der Waals surface area contributed by atoms with Gasteiger partial charge < -0.3 is 9.52 Å². The predicted molar refractivity (Wildman–Crippen MR) is 56.5 cm³/mol. The quantitative estimate of drug-likeness (QED) is 0.830. The Morgan fingerprint density at radius 3 is 2.35 bits per heavy atom. The summed E-state index contributed by atoms with van der Waals surface area (Å²) < 4.78 is 42.4. The normalized spacial score (nSPS) is 13.3. The van der Waals surface area contributed by atoms with E-state index < -0.39 is 17.3 Å². The zero-order chi connectivity index (χ0) is 12.8. The number of rotatable bonds is 1. The van der Waals surface area contributed by atoms with Crippen LogP contribution in [0.5, 0.6) is 0 Å². The van der Waals surface area contributed by atoms with Crippen molar-refractivity contribution in [1.82, 2.24) is 0 Å². The van der Waals surface area contributed by atoms with E-state index in [0.29, 0.717) is 10.9 Å². The Kier molecular flexibility index (Phi) is 2.47. The van der Waals surface area contributed by atoms with Gasteiger partial charge in [-0.1, -0.05) is 6.07 Å². The first-order valence-electron chi connectivity index (χ1n) is 5.01. The summed E-state index contributed by atoms with van der Waals surface area (Å²) in [5, 5.41) is 10.3. The second-order valence-electron chi connectivity index (χ2n) is 4.42. The molecular formula is C12H11F3O2. The standard InChI is InChI=1S/C12H11F3O2/c1-11(2,16)9-6-17-10-5-7(12(13,14)15)3-4-8(9)10/h3-6,16H,1-2H3. The molecule has 17 heavy (non-hydrogen) atoms. The average molecular weight is 244 g/mol. The molecule has 0 fully saturated rings. The molecular weight excluding hydrogens is 233 g/mol. The van der Waals surface area contributed by atoms with Gasteiger partial charge in [-0.25, -0.2) is 0 Å². The van der Waals surface area contributed by atoms with Gasteiger partial charge in [0.25, 0.3) is 0 Å². The smallest absolute Gasteiger partial charge is 0.416 e. The number of alkyl halides is 3. The van der Waals surface area contributed by atoms with E-state index in [-0.39, 0.29) is 5.58 Å². The van der Waals surface area contributed by atoms with Crippen molar-refractivity contribution in [2.75, 3.05) is 0 Å². The molecule has 0 saturated heterocycles. The second-order valence-corrected chi connectivity index (χ2v) is 4.42. The number of fused-ring (bicyclic) bond motifs is 1. The molecule has 0 aliphatic rings. The summed E-state index contributed by atoms with van der Waals surface area (Å²) >= 11 is 0. The van der Waals surface area contributed by atoms with Crippen molar-refractivity contribution in [3.63, 3.8) is 0 Å². The van der Waals surface area contributed by atoms with Gasteiger partial charge in [-0.2, -0.15) is 13.2 Å². The number of hydrogen-bond acceptors (Lipinski definition) is 2. The summed E-state index contributed by atoms with van der Waals surface area (Å²) in [6, 6.07) is 3.23. The van der Waals surface area contributed by atoms with Crippen LogP contribution in [0.2, 0.25) is 0 Å². The molecule has 0 atom stereocenters. The summed E-state index contributed by atoms with van der Waals surface area (Å²) in [5.41, 5.74) is -1.31. The van der Waals surface area contributed by atoms with Crippen LogP contribution in [0, 0.1) is 0 Å². The fourth-order valence-electron chi connectivity index (χ4n) is 1.68. The third kappa shape index (κ3) is 2.15. The van der Waals surface area contributed by atoms with Gasteiger partial charge in [-0.3, -0.25) is 0 Å². The fraction of sp³-hybridized carbons (Fsp3) is 0.333. The van der Waals surface area contributed by atoms with E-state index >= 15 is 0 Å². The van der Waals surface area contributed by atoms with Gasteiger partial charge in [-0.15, -0.1) is 0 Å². The molecule has 1 N–H and O–H groups in total. The maximum Gasteiger partial charge on any atom is 0.416 e. The SMILES string of the molecule is CC(C)(O)c1coc2cc(C(F)(F)F)ccc12. The van der Waals surface area contributed by atoms with Gasteiger partial charge in [0.2, 0.25) is 0 Å². The molecule has 0 aliphatic carbocycles. The molecule has 0 saturated carbocycles. The average Bonchev–Trinajstić information content (AvgIpc) is 2.57. The Morgan fingerprint density at radius 2 is 1.82 bits per heavy atom. The van der Waals surface area contributed by atoms with Gasteiger partial charge in [0.15, 0.2) is 0 Å². The Bertz CT molecular complexity index is 547. The fourth-order valence-corrected chi connectivity index (χ4v) is 1.68. The third-order valence-electron chi connectivity index (χ3n) is 2.56. The van der Waals surface area contributed by atoms with Crippen molar-refractivity contribution in [3.05, 3.63) is 35.6 Å². The molecule has 2 aromatic rings. The highest BCUT2D eigenvalue weighted by molar-refractivity contribution is 5.82. The molecule has 0 bridgehead atoms. The van der Waals surface area contributed by atoms with Crippen molar-refractivity contribution < 1.29 is 22.7 Å². The van der Waals surface area contributed by atoms with E-state index in [1.54, 1.807) is 13.8 Å². The van der Waals surface area contributed by atoms with E-state index in [4.69, 9.17) is 4.42 Å². The number of benzene rings is 1. The zero-order valence-electron chi connectivity index (χ0n) is 9.30. The van der Waals surface area contributed by atoms with Crippen molar-refractivity contribution in [2.24, 2.45) is 0 Å². The van der Waals surface area contributed by atoms with Crippen LogP contribution in [0.1, 0.15) is 25.0 Å². The number of furan rings is 1. The monoisotopic (exact) mass is 244 g/mol. The van der Waals surface area contributed by atoms with Gasteiger partial charge in [0.1, 0.15) is 5.58 Å². The van der Waals surface area contributed by atoms with Gasteiger partial charge in [0.05, 0.1) is 17.4 Å². The molecule has 1 heterocycles. The highest BCUT2D eigenvalue weighted by atomic mass is 19.4. The van der Waals surface area contributed by atoms with Crippen molar-refractivity contribution >= 4 is 11.0 Å². The van der Waals surface area contributed by atoms with Crippen LogP contribution in [-0.4, -0.2) is 5.11 Å². The molecule has 0 aliphatic heterocycles. The maximum absolute atomic E-state index is 12.5. The highest BCUT2D eigenvalue weighted by Gasteiger charge is 2.31. The molecule has 0 spiro atoms. The largest absolute Gasteiger partial charge is 0.464 e. The topological polar surface area (TPSA) is 33.4 Å². The van der Waals surface area contributed by atoms with Crippen LogP contribution in [0.15, 0.2) is 28.9 Å². The Hall–Kier alpha value is -1.49. The first kappa shape index (κ1) is 12.0. The van der Waals surface area contributed by atoms with Crippen LogP contribution in [-0.2, 0) is 11.8 Å².